The Morgan fingerprint density at radius 1 is 1.18 bits per heavy atom. The van der Waals surface area contributed by atoms with Crippen LogP contribution in [-0.4, -0.2) is 24.0 Å². The quantitative estimate of drug-likeness (QED) is 0.764. The smallest absolute Gasteiger partial charge is 0.241 e. The van der Waals surface area contributed by atoms with Crippen molar-refractivity contribution < 1.29 is 4.79 Å². The lowest BCUT2D eigenvalue weighted by Gasteiger charge is -2.24. The molecule has 4 heteroatoms. The van der Waals surface area contributed by atoms with Crippen molar-refractivity contribution in [2.45, 2.75) is 6.04 Å². The van der Waals surface area contributed by atoms with Crippen LogP contribution < -0.4 is 10.6 Å². The second-order valence-electron chi connectivity index (χ2n) is 4.13. The van der Waals surface area contributed by atoms with E-state index in [-0.39, 0.29) is 11.9 Å². The molecule has 0 aliphatic carbocycles. The van der Waals surface area contributed by atoms with E-state index < -0.39 is 0 Å². The molecule has 86 valence electrons. The van der Waals surface area contributed by atoms with Gasteiger partial charge in [-0.25, -0.2) is 0 Å². The molecule has 0 spiro atoms. The summed E-state index contributed by atoms with van der Waals surface area (Å²) in [6, 6.07) is 7.69. The highest BCUT2D eigenvalue weighted by Gasteiger charge is 2.24. The Morgan fingerprint density at radius 3 is 2.94 bits per heavy atom. The summed E-state index contributed by atoms with van der Waals surface area (Å²) in [6.45, 7) is 1.48. The number of benzene rings is 1. The number of nitrogens with zero attached hydrogens (tertiary/aromatic N) is 1. The molecule has 1 atom stereocenters. The molecule has 0 bridgehead atoms. The van der Waals surface area contributed by atoms with E-state index in [9.17, 15) is 4.79 Å². The van der Waals surface area contributed by atoms with Crippen LogP contribution in [0.5, 0.6) is 0 Å². The van der Waals surface area contributed by atoms with E-state index in [1.807, 2.05) is 30.5 Å². The molecular formula is C13H13N3O. The van der Waals surface area contributed by atoms with Crippen molar-refractivity contribution in [1.29, 1.82) is 0 Å². The Morgan fingerprint density at radius 2 is 2.06 bits per heavy atom. The second kappa shape index (κ2) is 4.14. The number of pyridine rings is 1. The summed E-state index contributed by atoms with van der Waals surface area (Å²) in [7, 11) is 0. The first-order valence-electron chi connectivity index (χ1n) is 5.70. The summed E-state index contributed by atoms with van der Waals surface area (Å²) in [6.07, 6.45) is 3.59. The predicted octanol–water partition coefficient (Wildman–Crippen LogP) is 0.995. The number of carbonyl (C=O) groups excluding carboxylic acids is 1. The Balaban J connectivity index is 2.13. The van der Waals surface area contributed by atoms with Gasteiger partial charge in [-0.15, -0.1) is 0 Å². The van der Waals surface area contributed by atoms with E-state index in [1.165, 1.54) is 0 Å². The maximum atomic E-state index is 11.8. The normalized spacial score (nSPS) is 20.2. The molecule has 2 N–H and O–H groups in total. The van der Waals surface area contributed by atoms with Crippen molar-refractivity contribution in [1.82, 2.24) is 15.6 Å². The van der Waals surface area contributed by atoms with E-state index in [4.69, 9.17) is 0 Å². The number of carbonyl (C=O) groups is 1. The summed E-state index contributed by atoms with van der Waals surface area (Å²) in [5.74, 6) is 0.0226. The van der Waals surface area contributed by atoms with Gasteiger partial charge in [0, 0.05) is 36.4 Å². The number of rotatable bonds is 1. The van der Waals surface area contributed by atoms with Crippen molar-refractivity contribution in [2.24, 2.45) is 0 Å². The third-order valence-electron chi connectivity index (χ3n) is 3.04. The number of hydrogen-bond acceptors (Lipinski definition) is 3. The molecule has 1 amide bonds. The maximum absolute atomic E-state index is 11.8. The third kappa shape index (κ3) is 1.76. The first-order chi connectivity index (χ1) is 8.36. The lowest BCUT2D eigenvalue weighted by molar-refractivity contribution is -0.124. The lowest BCUT2D eigenvalue weighted by atomic mass is 10.00. The molecule has 0 saturated carbocycles. The minimum absolute atomic E-state index is 0.0226. The molecule has 1 aliphatic rings. The molecule has 2 heterocycles. The number of piperazine rings is 1. The Labute approximate surface area is 99.0 Å². The number of amides is 1. The fraction of sp³-hybridized carbons (Fsp3) is 0.231. The Hall–Kier alpha value is -1.94. The van der Waals surface area contributed by atoms with Gasteiger partial charge in [0.1, 0.15) is 6.04 Å². The van der Waals surface area contributed by atoms with Crippen LogP contribution in [0.2, 0.25) is 0 Å². The van der Waals surface area contributed by atoms with Crippen LogP contribution in [0, 0.1) is 0 Å². The molecule has 3 rings (SSSR count). The van der Waals surface area contributed by atoms with E-state index in [0.29, 0.717) is 6.54 Å². The number of nitrogens with one attached hydrogen (secondary N) is 2. The highest BCUT2D eigenvalue weighted by atomic mass is 16.2. The van der Waals surface area contributed by atoms with Gasteiger partial charge < -0.3 is 10.6 Å². The zero-order valence-electron chi connectivity index (χ0n) is 9.31. The Bertz CT molecular complexity index is 562. The van der Waals surface area contributed by atoms with Gasteiger partial charge in [-0.3, -0.25) is 9.78 Å². The fourth-order valence-corrected chi connectivity index (χ4v) is 2.22. The molecule has 1 saturated heterocycles. The van der Waals surface area contributed by atoms with E-state index >= 15 is 0 Å². The number of hydrogen-bond donors (Lipinski definition) is 2. The summed E-state index contributed by atoms with van der Waals surface area (Å²) in [5.41, 5.74) is 0.945. The fourth-order valence-electron chi connectivity index (χ4n) is 2.22. The summed E-state index contributed by atoms with van der Waals surface area (Å²) in [5, 5.41) is 8.23. The Kier molecular flexibility index (Phi) is 2.49. The number of aromatic nitrogens is 1. The SMILES string of the molecule is O=C1NCCNC1c1cncc2ccccc12. The maximum Gasteiger partial charge on any atom is 0.241 e. The largest absolute Gasteiger partial charge is 0.353 e. The van der Waals surface area contributed by atoms with Gasteiger partial charge in [0.05, 0.1) is 0 Å². The van der Waals surface area contributed by atoms with Gasteiger partial charge in [-0.05, 0) is 5.39 Å². The average Bonchev–Trinajstić information content (AvgIpc) is 2.39. The van der Waals surface area contributed by atoms with E-state index in [0.717, 1.165) is 22.9 Å². The van der Waals surface area contributed by atoms with Gasteiger partial charge in [0.25, 0.3) is 0 Å². The molecule has 4 nitrogen and oxygen atoms in total. The molecule has 1 fully saturated rings. The summed E-state index contributed by atoms with van der Waals surface area (Å²) >= 11 is 0. The van der Waals surface area contributed by atoms with E-state index in [1.54, 1.807) is 6.20 Å². The highest BCUT2D eigenvalue weighted by molar-refractivity contribution is 5.92. The standard InChI is InChI=1S/C13H13N3O/c17-13-12(15-5-6-16-13)11-8-14-7-9-3-1-2-4-10(9)11/h1-4,7-8,12,15H,5-6H2,(H,16,17). The summed E-state index contributed by atoms with van der Waals surface area (Å²) in [4.78, 5) is 16.0. The van der Waals surface area contributed by atoms with Gasteiger partial charge in [0.15, 0.2) is 0 Å². The van der Waals surface area contributed by atoms with Crippen LogP contribution in [0.1, 0.15) is 11.6 Å². The van der Waals surface area contributed by atoms with Gasteiger partial charge in [-0.2, -0.15) is 0 Å². The van der Waals surface area contributed by atoms with Crippen molar-refractivity contribution in [2.75, 3.05) is 13.1 Å². The van der Waals surface area contributed by atoms with Gasteiger partial charge >= 0.3 is 0 Å². The molecule has 17 heavy (non-hydrogen) atoms. The molecule has 0 radical (unpaired) electrons. The minimum atomic E-state index is -0.289. The van der Waals surface area contributed by atoms with Crippen molar-refractivity contribution in [3.8, 4) is 0 Å². The van der Waals surface area contributed by atoms with Gasteiger partial charge in [-0.1, -0.05) is 24.3 Å². The molecule has 2 aromatic rings. The van der Waals surface area contributed by atoms with Crippen molar-refractivity contribution >= 4 is 16.7 Å². The highest BCUT2D eigenvalue weighted by Crippen LogP contribution is 2.23. The first-order valence-corrected chi connectivity index (χ1v) is 5.70. The van der Waals surface area contributed by atoms with E-state index in [2.05, 4.69) is 15.6 Å². The molecule has 1 aromatic heterocycles. The number of fused-ring (bicyclic) bond motifs is 1. The van der Waals surface area contributed by atoms with Crippen LogP contribution in [-0.2, 0) is 4.79 Å². The molecular weight excluding hydrogens is 214 g/mol. The van der Waals surface area contributed by atoms with Crippen LogP contribution in [0.25, 0.3) is 10.8 Å². The zero-order chi connectivity index (χ0) is 11.7. The third-order valence-corrected chi connectivity index (χ3v) is 3.04. The predicted molar refractivity (Wildman–Crippen MR) is 65.5 cm³/mol. The average molecular weight is 227 g/mol. The first kappa shape index (κ1) is 10.2. The topological polar surface area (TPSA) is 54.0 Å². The molecule has 1 aliphatic heterocycles. The summed E-state index contributed by atoms with van der Waals surface area (Å²) < 4.78 is 0. The van der Waals surface area contributed by atoms with Crippen molar-refractivity contribution in [3.63, 3.8) is 0 Å². The minimum Gasteiger partial charge on any atom is -0.353 e. The zero-order valence-corrected chi connectivity index (χ0v) is 9.31. The van der Waals surface area contributed by atoms with Crippen LogP contribution in [0.3, 0.4) is 0 Å². The van der Waals surface area contributed by atoms with Gasteiger partial charge in [0.2, 0.25) is 5.91 Å². The second-order valence-corrected chi connectivity index (χ2v) is 4.13. The van der Waals surface area contributed by atoms with Crippen molar-refractivity contribution in [3.05, 3.63) is 42.2 Å². The molecule has 1 aromatic carbocycles. The lowest BCUT2D eigenvalue weighted by Crippen LogP contribution is -2.47. The monoisotopic (exact) mass is 227 g/mol. The van der Waals surface area contributed by atoms with Crippen LogP contribution >= 0.6 is 0 Å². The van der Waals surface area contributed by atoms with Crippen LogP contribution in [0.4, 0.5) is 0 Å². The molecule has 1 unspecified atom stereocenters. The van der Waals surface area contributed by atoms with Crippen LogP contribution in [0.15, 0.2) is 36.7 Å².